The van der Waals surface area contributed by atoms with Crippen LogP contribution in [0.4, 0.5) is 0 Å². The molecule has 1 heterocycles. The van der Waals surface area contributed by atoms with Gasteiger partial charge < -0.3 is 5.11 Å². The van der Waals surface area contributed by atoms with E-state index in [0.29, 0.717) is 18.0 Å². The topological polar surface area (TPSA) is 73.4 Å². The molecule has 0 radical (unpaired) electrons. The summed E-state index contributed by atoms with van der Waals surface area (Å²) in [7, 11) is 0. The van der Waals surface area contributed by atoms with Crippen LogP contribution in [0.2, 0.25) is 0 Å². The average molecular weight is 380 g/mol. The minimum atomic E-state index is -0.711. The van der Waals surface area contributed by atoms with Gasteiger partial charge in [-0.2, -0.15) is 0 Å². The van der Waals surface area contributed by atoms with E-state index in [-0.39, 0.29) is 12.2 Å². The van der Waals surface area contributed by atoms with E-state index in [1.165, 1.54) is 57.8 Å². The van der Waals surface area contributed by atoms with Gasteiger partial charge in [0.25, 0.3) is 0 Å². The molecule has 0 aromatic heterocycles. The maximum Gasteiger partial charge on any atom is 0.321 e. The number of nitrogens with one attached hydrogen (secondary N) is 3. The van der Waals surface area contributed by atoms with Crippen molar-refractivity contribution in [2.75, 3.05) is 0 Å². The van der Waals surface area contributed by atoms with E-state index in [9.17, 15) is 9.90 Å². The standard InChI is InChI=1S/C22H41N3O2/c1-14-12-15(2)24-22(23-14)25-20(21(26)27)16(3)18-10-7-11-19(13-18)17-8-5-4-6-9-17/h14-20,22-25H,4-13H2,1-3H3,(H,26,27). The maximum absolute atomic E-state index is 12.1. The molecule has 0 spiro atoms. The molecule has 0 bridgehead atoms. The lowest BCUT2D eigenvalue weighted by molar-refractivity contribution is -0.142. The van der Waals surface area contributed by atoms with E-state index < -0.39 is 12.0 Å². The van der Waals surface area contributed by atoms with Crippen LogP contribution in [0.5, 0.6) is 0 Å². The second kappa shape index (κ2) is 9.71. The second-order valence-electron chi connectivity index (χ2n) is 9.73. The van der Waals surface area contributed by atoms with Gasteiger partial charge in [-0.15, -0.1) is 0 Å². The predicted octanol–water partition coefficient (Wildman–Crippen LogP) is 3.70. The fourth-order valence-electron chi connectivity index (χ4n) is 6.06. The van der Waals surface area contributed by atoms with Crippen molar-refractivity contribution >= 4 is 5.97 Å². The molecule has 1 saturated heterocycles. The lowest BCUT2D eigenvalue weighted by Crippen LogP contribution is -2.66. The number of hydrogen-bond acceptors (Lipinski definition) is 4. The SMILES string of the molecule is CC1CC(C)NC(NC(C(=O)O)C(C)C2CCCC(C3CCCCC3)C2)N1. The molecule has 5 nitrogen and oxygen atoms in total. The minimum Gasteiger partial charge on any atom is -0.480 e. The zero-order chi connectivity index (χ0) is 19.4. The molecule has 6 atom stereocenters. The summed E-state index contributed by atoms with van der Waals surface area (Å²) in [6.45, 7) is 6.50. The Labute approximate surface area is 165 Å². The summed E-state index contributed by atoms with van der Waals surface area (Å²) in [5.74, 6) is 1.69. The summed E-state index contributed by atoms with van der Waals surface area (Å²) in [6.07, 6.45) is 13.0. The zero-order valence-corrected chi connectivity index (χ0v) is 17.5. The smallest absolute Gasteiger partial charge is 0.321 e. The molecule has 1 aliphatic heterocycles. The van der Waals surface area contributed by atoms with E-state index in [0.717, 1.165) is 18.3 Å². The van der Waals surface area contributed by atoms with E-state index in [2.05, 4.69) is 36.7 Å². The van der Waals surface area contributed by atoms with Crippen molar-refractivity contribution in [2.24, 2.45) is 23.7 Å². The van der Waals surface area contributed by atoms with Crippen molar-refractivity contribution in [3.05, 3.63) is 0 Å². The first-order valence-corrected chi connectivity index (χ1v) is 11.4. The Morgan fingerprint density at radius 3 is 2.19 bits per heavy atom. The summed E-state index contributed by atoms with van der Waals surface area (Å²) in [5, 5.41) is 20.2. The lowest BCUT2D eigenvalue weighted by atomic mass is 9.67. The Morgan fingerprint density at radius 2 is 1.56 bits per heavy atom. The minimum absolute atomic E-state index is 0.120. The van der Waals surface area contributed by atoms with Crippen molar-refractivity contribution in [3.63, 3.8) is 0 Å². The Kier molecular flexibility index (Phi) is 7.57. The van der Waals surface area contributed by atoms with Gasteiger partial charge in [0.1, 0.15) is 12.3 Å². The van der Waals surface area contributed by atoms with Gasteiger partial charge in [0.15, 0.2) is 0 Å². The first-order chi connectivity index (χ1) is 12.9. The van der Waals surface area contributed by atoms with Crippen LogP contribution in [0.3, 0.4) is 0 Å². The summed E-state index contributed by atoms with van der Waals surface area (Å²) in [5.41, 5.74) is 0. The molecular weight excluding hydrogens is 338 g/mol. The highest BCUT2D eigenvalue weighted by molar-refractivity contribution is 5.73. The average Bonchev–Trinajstić information content (AvgIpc) is 2.65. The van der Waals surface area contributed by atoms with Gasteiger partial charge in [-0.05, 0) is 50.4 Å². The number of carboxylic acid groups (broad SMARTS) is 1. The van der Waals surface area contributed by atoms with Crippen molar-refractivity contribution in [2.45, 2.75) is 109 Å². The van der Waals surface area contributed by atoms with E-state index in [4.69, 9.17) is 0 Å². The molecule has 0 aromatic carbocycles. The largest absolute Gasteiger partial charge is 0.480 e. The number of aliphatic carboxylic acids is 1. The molecule has 6 unspecified atom stereocenters. The Morgan fingerprint density at radius 1 is 0.926 bits per heavy atom. The Bertz CT molecular complexity index is 470. The van der Waals surface area contributed by atoms with Gasteiger partial charge in [0, 0.05) is 12.1 Å². The van der Waals surface area contributed by atoms with Crippen LogP contribution >= 0.6 is 0 Å². The third-order valence-electron chi connectivity index (χ3n) is 7.56. The summed E-state index contributed by atoms with van der Waals surface area (Å²) < 4.78 is 0. The van der Waals surface area contributed by atoms with Crippen LogP contribution in [0, 0.1) is 23.7 Å². The first-order valence-electron chi connectivity index (χ1n) is 11.4. The zero-order valence-electron chi connectivity index (χ0n) is 17.5. The van der Waals surface area contributed by atoms with Gasteiger partial charge in [0.05, 0.1) is 0 Å². The van der Waals surface area contributed by atoms with Gasteiger partial charge in [-0.25, -0.2) is 0 Å². The first kappa shape index (κ1) is 21.1. The molecule has 5 heteroatoms. The van der Waals surface area contributed by atoms with E-state index in [1.54, 1.807) is 0 Å². The lowest BCUT2D eigenvalue weighted by Gasteiger charge is -2.42. The number of rotatable bonds is 6. The summed E-state index contributed by atoms with van der Waals surface area (Å²) in [4.78, 5) is 12.1. The normalized spacial score (nSPS) is 38.3. The molecule has 2 aliphatic carbocycles. The van der Waals surface area contributed by atoms with Crippen LogP contribution in [0.15, 0.2) is 0 Å². The highest BCUT2D eigenvalue weighted by Gasteiger charge is 2.38. The van der Waals surface area contributed by atoms with Crippen molar-refractivity contribution in [1.29, 1.82) is 0 Å². The fraction of sp³-hybridized carbons (Fsp3) is 0.955. The third kappa shape index (κ3) is 5.68. The highest BCUT2D eigenvalue weighted by Crippen LogP contribution is 2.42. The number of carbonyl (C=O) groups is 1. The van der Waals surface area contributed by atoms with Crippen LogP contribution in [0.1, 0.15) is 85.0 Å². The van der Waals surface area contributed by atoms with Crippen molar-refractivity contribution in [3.8, 4) is 0 Å². The maximum atomic E-state index is 12.1. The van der Waals surface area contributed by atoms with Crippen LogP contribution < -0.4 is 16.0 Å². The number of carboxylic acids is 1. The van der Waals surface area contributed by atoms with Crippen LogP contribution in [0.25, 0.3) is 0 Å². The highest BCUT2D eigenvalue weighted by atomic mass is 16.4. The molecule has 0 aromatic rings. The Hall–Kier alpha value is -0.650. The van der Waals surface area contributed by atoms with E-state index in [1.807, 2.05) is 0 Å². The third-order valence-corrected chi connectivity index (χ3v) is 7.56. The quantitative estimate of drug-likeness (QED) is 0.566. The molecule has 2 saturated carbocycles. The molecule has 4 N–H and O–H groups in total. The molecule has 3 fully saturated rings. The second-order valence-corrected chi connectivity index (χ2v) is 9.73. The molecule has 0 amide bonds. The van der Waals surface area contributed by atoms with Gasteiger partial charge in [0.2, 0.25) is 0 Å². The van der Waals surface area contributed by atoms with Gasteiger partial charge in [-0.3, -0.25) is 20.7 Å². The molecule has 156 valence electrons. The van der Waals surface area contributed by atoms with Gasteiger partial charge in [-0.1, -0.05) is 58.3 Å². The predicted molar refractivity (Wildman–Crippen MR) is 109 cm³/mol. The van der Waals surface area contributed by atoms with E-state index >= 15 is 0 Å². The number of hydrogen-bond donors (Lipinski definition) is 4. The summed E-state index contributed by atoms with van der Waals surface area (Å²) in [6, 6.07) is 0.297. The van der Waals surface area contributed by atoms with Gasteiger partial charge >= 0.3 is 5.97 Å². The van der Waals surface area contributed by atoms with Crippen molar-refractivity contribution < 1.29 is 9.90 Å². The molecule has 27 heavy (non-hydrogen) atoms. The monoisotopic (exact) mass is 379 g/mol. The molecule has 3 aliphatic rings. The molecule has 3 rings (SSSR count). The summed E-state index contributed by atoms with van der Waals surface area (Å²) >= 11 is 0. The van der Waals surface area contributed by atoms with Crippen LogP contribution in [-0.4, -0.2) is 35.5 Å². The molecular formula is C22H41N3O2. The Balaban J connectivity index is 1.59. The van der Waals surface area contributed by atoms with Crippen LogP contribution in [-0.2, 0) is 4.79 Å². The van der Waals surface area contributed by atoms with Crippen molar-refractivity contribution in [1.82, 2.24) is 16.0 Å². The fourth-order valence-corrected chi connectivity index (χ4v) is 6.06.